The maximum atomic E-state index is 12.1. The van der Waals surface area contributed by atoms with Gasteiger partial charge in [-0.05, 0) is 67.8 Å². The van der Waals surface area contributed by atoms with E-state index in [0.717, 1.165) is 37.7 Å². The first-order chi connectivity index (χ1) is 11.3. The van der Waals surface area contributed by atoms with Crippen LogP contribution in [0.5, 0.6) is 0 Å². The number of ketones is 1. The maximum absolute atomic E-state index is 12.1. The van der Waals surface area contributed by atoms with Crippen molar-refractivity contribution in [3.8, 4) is 0 Å². The minimum absolute atomic E-state index is 0.0916. The Morgan fingerprint density at radius 1 is 1.21 bits per heavy atom. The lowest BCUT2D eigenvalue weighted by molar-refractivity contribution is -0.112. The molecule has 0 bridgehead atoms. The molecule has 0 heterocycles. The minimum atomic E-state index is -1.00. The highest BCUT2D eigenvalue weighted by Crippen LogP contribution is 2.66. The number of carbonyl (C=O) groups is 1. The van der Waals surface area contributed by atoms with Gasteiger partial charge in [-0.3, -0.25) is 4.79 Å². The van der Waals surface area contributed by atoms with Crippen molar-refractivity contribution in [1.82, 2.24) is 0 Å². The molecule has 24 heavy (non-hydrogen) atoms. The van der Waals surface area contributed by atoms with Crippen LogP contribution in [0, 0.1) is 28.6 Å². The van der Waals surface area contributed by atoms with Gasteiger partial charge in [-0.25, -0.2) is 0 Å². The van der Waals surface area contributed by atoms with E-state index in [1.807, 2.05) is 0 Å². The Morgan fingerprint density at radius 3 is 2.67 bits per heavy atom. The Labute approximate surface area is 143 Å². The van der Waals surface area contributed by atoms with Crippen LogP contribution in [0.1, 0.15) is 52.4 Å². The number of aliphatic hydroxyl groups is 1. The topological polar surface area (TPSA) is 69.9 Å². The highest BCUT2D eigenvalue weighted by molar-refractivity contribution is 6.46. The molecule has 4 aliphatic rings. The van der Waals surface area contributed by atoms with Crippen molar-refractivity contribution in [3.63, 3.8) is 0 Å². The van der Waals surface area contributed by atoms with Crippen LogP contribution in [0.25, 0.3) is 0 Å². The van der Waals surface area contributed by atoms with Crippen LogP contribution in [0.3, 0.4) is 0 Å². The van der Waals surface area contributed by atoms with Crippen LogP contribution >= 0.6 is 0 Å². The molecule has 4 nitrogen and oxygen atoms in total. The van der Waals surface area contributed by atoms with Crippen LogP contribution < -0.4 is 0 Å². The monoisotopic (exact) mass is 329 g/mol. The molecule has 0 aliphatic heterocycles. The molecule has 4 aliphatic carbocycles. The summed E-state index contributed by atoms with van der Waals surface area (Å²) in [5.41, 5.74) is 2.11. The number of hydrogen-bond acceptors (Lipinski definition) is 4. The smallest absolute Gasteiger partial charge is 0.206 e. The summed E-state index contributed by atoms with van der Waals surface area (Å²) in [4.78, 5) is 12.1. The van der Waals surface area contributed by atoms with E-state index < -0.39 is 11.5 Å². The number of rotatable bonds is 0. The molecular weight excluding hydrogens is 302 g/mol. The lowest BCUT2D eigenvalue weighted by Gasteiger charge is -2.58. The Hall–Kier alpha value is -1.42. The number of oxime groups is 1. The van der Waals surface area contributed by atoms with Crippen molar-refractivity contribution in [3.05, 3.63) is 23.8 Å². The molecule has 130 valence electrons. The van der Waals surface area contributed by atoms with Gasteiger partial charge in [0, 0.05) is 5.41 Å². The van der Waals surface area contributed by atoms with Crippen LogP contribution in [-0.4, -0.2) is 27.9 Å². The van der Waals surface area contributed by atoms with E-state index in [0.29, 0.717) is 17.8 Å². The predicted molar refractivity (Wildman–Crippen MR) is 91.8 cm³/mol. The normalized spacial score (nSPS) is 49.5. The van der Waals surface area contributed by atoms with E-state index in [1.165, 1.54) is 12.0 Å². The van der Waals surface area contributed by atoms with Gasteiger partial charge >= 0.3 is 0 Å². The minimum Gasteiger partial charge on any atom is -0.410 e. The zero-order valence-electron chi connectivity index (χ0n) is 14.6. The summed E-state index contributed by atoms with van der Waals surface area (Å²) in [6, 6.07) is 0. The molecule has 6 atom stereocenters. The largest absolute Gasteiger partial charge is 0.410 e. The second-order valence-electron chi connectivity index (χ2n) is 8.72. The van der Waals surface area contributed by atoms with E-state index in [9.17, 15) is 15.1 Å². The van der Waals surface area contributed by atoms with Gasteiger partial charge in [0.25, 0.3) is 0 Å². The van der Waals surface area contributed by atoms with Crippen molar-refractivity contribution in [2.75, 3.05) is 0 Å². The Balaban J connectivity index is 1.77. The molecule has 0 amide bonds. The van der Waals surface area contributed by atoms with Crippen molar-refractivity contribution in [2.24, 2.45) is 33.7 Å². The Bertz CT molecular complexity index is 678. The average Bonchev–Trinajstić information content (AvgIpc) is 2.85. The number of aliphatic hydroxyl groups excluding tert-OH is 1. The van der Waals surface area contributed by atoms with Crippen LogP contribution in [0.15, 0.2) is 29.0 Å². The Kier molecular flexibility index (Phi) is 3.38. The first-order valence-electron chi connectivity index (χ1n) is 9.17. The van der Waals surface area contributed by atoms with Gasteiger partial charge in [-0.15, -0.1) is 0 Å². The van der Waals surface area contributed by atoms with Gasteiger partial charge < -0.3 is 10.3 Å². The quantitative estimate of drug-likeness (QED) is 0.406. The highest BCUT2D eigenvalue weighted by atomic mass is 16.4. The number of carbonyl (C=O) groups excluding carboxylic acids is 1. The maximum Gasteiger partial charge on any atom is 0.206 e. The number of allylic oxidation sites excluding steroid dienone is 1. The number of nitrogens with zero attached hydrogens (tertiary/aromatic N) is 1. The fourth-order valence-corrected chi connectivity index (χ4v) is 6.53. The lowest BCUT2D eigenvalue weighted by atomic mass is 9.46. The van der Waals surface area contributed by atoms with Crippen molar-refractivity contribution in [2.45, 2.75) is 58.5 Å². The summed E-state index contributed by atoms with van der Waals surface area (Å²) >= 11 is 0. The van der Waals surface area contributed by atoms with Gasteiger partial charge in [0.1, 0.15) is 6.10 Å². The first-order valence-corrected chi connectivity index (χ1v) is 9.17. The zero-order valence-corrected chi connectivity index (χ0v) is 14.6. The van der Waals surface area contributed by atoms with E-state index in [1.54, 1.807) is 6.08 Å². The molecule has 3 saturated carbocycles. The molecule has 4 heteroatoms. The van der Waals surface area contributed by atoms with Gasteiger partial charge in [0.2, 0.25) is 5.78 Å². The summed E-state index contributed by atoms with van der Waals surface area (Å²) in [7, 11) is 0. The molecule has 0 saturated heterocycles. The number of fused-ring (bicyclic) bond motifs is 5. The molecule has 2 N–H and O–H groups in total. The molecule has 0 spiro atoms. The third-order valence-electron chi connectivity index (χ3n) is 8.09. The average molecular weight is 329 g/mol. The molecule has 4 rings (SSSR count). The van der Waals surface area contributed by atoms with E-state index in [4.69, 9.17) is 0 Å². The van der Waals surface area contributed by atoms with Crippen LogP contribution in [0.2, 0.25) is 0 Å². The van der Waals surface area contributed by atoms with Crippen molar-refractivity contribution < 1.29 is 15.1 Å². The van der Waals surface area contributed by atoms with E-state index >= 15 is 0 Å². The van der Waals surface area contributed by atoms with Gasteiger partial charge in [-0.2, -0.15) is 0 Å². The lowest BCUT2D eigenvalue weighted by Crippen LogP contribution is -2.57. The molecule has 0 aromatic carbocycles. The standard InChI is InChI=1S/C20H27NO3/c1-11-4-7-14-13-6-5-12-10-16(22)17(21-24)18(23)20(12,3)15(13)8-9-19(11,14)2/h10,13-15,18,23-24H,1,4-9H2,2-3H3/t13-,14-,15-,18?,19+,20-/m0/s1. The van der Waals surface area contributed by atoms with Gasteiger partial charge in [0.05, 0.1) is 0 Å². The first kappa shape index (κ1) is 16.1. The molecule has 3 fully saturated rings. The van der Waals surface area contributed by atoms with E-state index in [-0.39, 0.29) is 16.9 Å². The SMILES string of the molecule is C=C1CC[C@H]2[C@@H]3CCC4=CC(=O)C(=NO)C(O)[C@]4(C)[C@H]3CC[C@]12C. The Morgan fingerprint density at radius 2 is 1.96 bits per heavy atom. The summed E-state index contributed by atoms with van der Waals surface area (Å²) in [6.45, 7) is 8.79. The van der Waals surface area contributed by atoms with Crippen LogP contribution in [0.4, 0.5) is 0 Å². The summed E-state index contributed by atoms with van der Waals surface area (Å²) in [6.07, 6.45) is 7.02. The third kappa shape index (κ3) is 1.78. The zero-order chi connectivity index (χ0) is 17.3. The van der Waals surface area contributed by atoms with Gasteiger partial charge in [0.15, 0.2) is 5.71 Å². The fourth-order valence-electron chi connectivity index (χ4n) is 6.53. The number of hydrogen-bond donors (Lipinski definition) is 2. The third-order valence-corrected chi connectivity index (χ3v) is 8.09. The van der Waals surface area contributed by atoms with E-state index in [2.05, 4.69) is 25.6 Å². The molecule has 0 radical (unpaired) electrons. The summed E-state index contributed by atoms with van der Waals surface area (Å²) in [5, 5.41) is 23.3. The van der Waals surface area contributed by atoms with Gasteiger partial charge in [-0.1, -0.05) is 36.7 Å². The van der Waals surface area contributed by atoms with Crippen molar-refractivity contribution >= 4 is 11.5 Å². The highest BCUT2D eigenvalue weighted by Gasteiger charge is 2.60. The fraction of sp³-hybridized carbons (Fsp3) is 0.700. The van der Waals surface area contributed by atoms with Crippen LogP contribution in [-0.2, 0) is 4.79 Å². The second kappa shape index (κ2) is 5.04. The summed E-state index contributed by atoms with van der Waals surface area (Å²) < 4.78 is 0. The predicted octanol–water partition coefficient (Wildman–Crippen LogP) is 3.49. The molecular formula is C20H27NO3. The molecule has 1 unspecified atom stereocenters. The van der Waals surface area contributed by atoms with Crippen molar-refractivity contribution in [1.29, 1.82) is 0 Å². The molecule has 0 aromatic rings. The molecule has 0 aromatic heterocycles. The second-order valence-corrected chi connectivity index (χ2v) is 8.72. The summed E-state index contributed by atoms with van der Waals surface area (Å²) in [5.74, 6) is 1.17.